The van der Waals surface area contributed by atoms with E-state index < -0.39 is 0 Å². The number of fused-ring (bicyclic) bond motifs is 1. The van der Waals surface area contributed by atoms with Gasteiger partial charge in [-0.1, -0.05) is 27.7 Å². The number of rotatable bonds is 0. The Kier molecular flexibility index (Phi) is 33.8. The molecule has 6 N–H and O–H groups in total. The third kappa shape index (κ3) is 20.4. The van der Waals surface area contributed by atoms with E-state index in [1.54, 1.807) is 29.5 Å². The SMILES string of the molecule is CC.CC.N#CBr.NC1=Nc2cccnc2C1.Nc1cccnc1N.[CH3-].[I][V][I]. The molecule has 0 spiro atoms. The first-order valence-corrected chi connectivity index (χ1v) is 18.0. The average Bonchev–Trinajstić information content (AvgIpc) is 3.09. The van der Waals surface area contributed by atoms with E-state index in [9.17, 15) is 0 Å². The molecule has 0 saturated heterocycles. The van der Waals surface area contributed by atoms with Crippen LogP contribution in [0.1, 0.15) is 33.4 Å². The van der Waals surface area contributed by atoms with E-state index in [-0.39, 0.29) is 7.43 Å². The van der Waals surface area contributed by atoms with Crippen LogP contribution in [0.15, 0.2) is 41.7 Å². The zero-order valence-electron chi connectivity index (χ0n) is 17.3. The van der Waals surface area contributed by atoms with Crippen LogP contribution in [0.3, 0.4) is 0 Å². The van der Waals surface area contributed by atoms with E-state index in [1.807, 2.05) is 39.8 Å². The molecule has 1 aliphatic rings. The average molecular weight is 728 g/mol. The molecular weight excluding hydrogens is 699 g/mol. The van der Waals surface area contributed by atoms with Crippen molar-refractivity contribution in [1.82, 2.24) is 9.97 Å². The Balaban J connectivity index is -0.000000148. The van der Waals surface area contributed by atoms with Gasteiger partial charge in [-0.15, -0.1) is 0 Å². The Morgan fingerprint density at radius 3 is 1.86 bits per heavy atom. The van der Waals surface area contributed by atoms with Crippen molar-refractivity contribution in [3.8, 4) is 4.98 Å². The zero-order valence-corrected chi connectivity index (χ0v) is 24.6. The number of anilines is 2. The van der Waals surface area contributed by atoms with Crippen LogP contribution >= 0.6 is 55.9 Å². The second kappa shape index (κ2) is 27.4. The van der Waals surface area contributed by atoms with Crippen LogP contribution in [-0.4, -0.2) is 15.8 Å². The van der Waals surface area contributed by atoms with E-state index in [0.717, 1.165) is 11.4 Å². The van der Waals surface area contributed by atoms with Crippen molar-refractivity contribution >= 4 is 78.9 Å². The van der Waals surface area contributed by atoms with Gasteiger partial charge in [0.05, 0.1) is 17.1 Å². The number of hydrogen-bond donors (Lipinski definition) is 3. The summed E-state index contributed by atoms with van der Waals surface area (Å²) in [5, 5.41) is 7.24. The monoisotopic (exact) mass is 727 g/mol. The topological polar surface area (TPSA) is 140 Å². The first kappa shape index (κ1) is 35.8. The Morgan fingerprint density at radius 2 is 1.48 bits per heavy atom. The molecule has 3 rings (SSSR count). The molecule has 0 aromatic carbocycles. The van der Waals surface area contributed by atoms with Gasteiger partial charge in [-0.2, -0.15) is 5.26 Å². The van der Waals surface area contributed by atoms with Gasteiger partial charge in [0, 0.05) is 34.7 Å². The predicted molar refractivity (Wildman–Crippen MR) is 144 cm³/mol. The minimum absolute atomic E-state index is 0. The number of nitriles is 1. The summed E-state index contributed by atoms with van der Waals surface area (Å²) in [5.74, 6) is 1.06. The van der Waals surface area contributed by atoms with Crippen molar-refractivity contribution in [3.05, 3.63) is 49.8 Å². The third-order valence-corrected chi connectivity index (χ3v) is 2.35. The van der Waals surface area contributed by atoms with Crippen LogP contribution in [-0.2, 0) is 15.9 Å². The molecule has 0 unspecified atom stereocenters. The molecule has 3 heterocycles. The molecule has 29 heavy (non-hydrogen) atoms. The molecule has 0 fully saturated rings. The third-order valence-electron chi connectivity index (χ3n) is 2.35. The second-order valence-corrected chi connectivity index (χ2v) is 16.0. The van der Waals surface area contributed by atoms with Crippen molar-refractivity contribution < 1.29 is 9.47 Å². The zero-order chi connectivity index (χ0) is 22.4. The van der Waals surface area contributed by atoms with Crippen molar-refractivity contribution in [2.75, 3.05) is 11.5 Å². The molecule has 2 aromatic heterocycles. The molecule has 0 aliphatic carbocycles. The van der Waals surface area contributed by atoms with Crippen molar-refractivity contribution in [2.24, 2.45) is 10.7 Å². The number of amidine groups is 1. The molecule has 11 heteroatoms. The number of aliphatic imine (C=N–C) groups is 1. The van der Waals surface area contributed by atoms with Crippen LogP contribution in [0.25, 0.3) is 0 Å². The standard InChI is InChI=1S/C7H7N3.C5H7N3.2C2H6.CBrN.CH3.2HI.V/c8-7-4-6-5(10-7)2-1-3-9-6;6-4-2-1-3-8-5(4)7;2*1-2;2-1-3;;;;/h1-3H,4H2,(H2,8,10);1-3H,6H2,(H2,7,8);2*1-2H3;;1H3;2*1H;/q;;;;;-1;;;+2/p-2. The van der Waals surface area contributed by atoms with Crippen LogP contribution in [0, 0.1) is 17.7 Å². The fourth-order valence-corrected chi connectivity index (χ4v) is 1.46. The van der Waals surface area contributed by atoms with Crippen molar-refractivity contribution in [1.29, 1.82) is 5.26 Å². The number of aromatic nitrogens is 2. The molecule has 0 amide bonds. The summed E-state index contributed by atoms with van der Waals surface area (Å²) in [7, 11) is 0.628. The Morgan fingerprint density at radius 1 is 1.03 bits per heavy atom. The van der Waals surface area contributed by atoms with Gasteiger partial charge in [0.25, 0.3) is 0 Å². The Labute approximate surface area is 212 Å². The number of nitrogens with zero attached hydrogens (tertiary/aromatic N) is 4. The van der Waals surface area contributed by atoms with Gasteiger partial charge in [-0.3, -0.25) is 4.98 Å². The number of nitrogens with two attached hydrogens (primary N) is 3. The summed E-state index contributed by atoms with van der Waals surface area (Å²) in [6.07, 6.45) is 4.06. The molecule has 0 saturated carbocycles. The van der Waals surface area contributed by atoms with Crippen molar-refractivity contribution in [2.45, 2.75) is 34.1 Å². The van der Waals surface area contributed by atoms with E-state index in [4.69, 9.17) is 22.5 Å². The molecule has 0 bridgehead atoms. The normalized spacial score (nSPS) is 8.69. The maximum atomic E-state index is 7.24. The van der Waals surface area contributed by atoms with Crippen LogP contribution < -0.4 is 17.2 Å². The Bertz CT molecular complexity index is 677. The first-order valence-electron chi connectivity index (χ1n) is 8.15. The van der Waals surface area contributed by atoms with Crippen LogP contribution in [0.4, 0.5) is 17.2 Å². The first-order chi connectivity index (χ1) is 13.5. The number of pyridine rings is 2. The summed E-state index contributed by atoms with van der Waals surface area (Å²) >= 11 is 7.19. The van der Waals surface area contributed by atoms with Gasteiger partial charge >= 0.3 is 49.4 Å². The van der Waals surface area contributed by atoms with Gasteiger partial charge < -0.3 is 24.6 Å². The van der Waals surface area contributed by atoms with Crippen LogP contribution in [0.5, 0.6) is 0 Å². The predicted octanol–water partition coefficient (Wildman–Crippen LogP) is 6.01. The molecule has 2 aromatic rings. The van der Waals surface area contributed by atoms with Crippen LogP contribution in [0.2, 0.25) is 0 Å². The molecule has 1 aliphatic heterocycles. The number of nitrogen functional groups attached to an aromatic ring is 2. The van der Waals surface area contributed by atoms with E-state index >= 15 is 0 Å². The Hall–Kier alpha value is -0.616. The fraction of sp³-hybridized carbons (Fsp3) is 0.278. The number of hydrogen-bond acceptors (Lipinski definition) is 7. The summed E-state index contributed by atoms with van der Waals surface area (Å²) in [6.45, 7) is 8.00. The van der Waals surface area contributed by atoms with Gasteiger partial charge in [-0.05, 0) is 24.3 Å². The molecule has 7 nitrogen and oxygen atoms in total. The maximum absolute atomic E-state index is 7.24. The van der Waals surface area contributed by atoms with E-state index in [2.05, 4.69) is 70.8 Å². The quantitative estimate of drug-likeness (QED) is 0.225. The fourth-order valence-electron chi connectivity index (χ4n) is 1.46. The second-order valence-electron chi connectivity index (χ2n) is 3.88. The van der Waals surface area contributed by atoms with E-state index in [1.165, 1.54) is 0 Å². The summed E-state index contributed by atoms with van der Waals surface area (Å²) in [4.78, 5) is 13.5. The van der Waals surface area contributed by atoms with Gasteiger partial charge in [0.2, 0.25) is 0 Å². The van der Waals surface area contributed by atoms with Gasteiger partial charge in [-0.25, -0.2) is 9.98 Å². The summed E-state index contributed by atoms with van der Waals surface area (Å²) in [6, 6.07) is 7.23. The number of halogens is 3. The minimum atomic E-state index is 0. The van der Waals surface area contributed by atoms with Crippen molar-refractivity contribution in [3.63, 3.8) is 0 Å². The summed E-state index contributed by atoms with van der Waals surface area (Å²) < 4.78 is 0. The van der Waals surface area contributed by atoms with E-state index in [0.29, 0.717) is 33.2 Å². The molecule has 0 radical (unpaired) electrons. The summed E-state index contributed by atoms with van der Waals surface area (Å²) in [5.41, 5.74) is 18.5. The molecule has 163 valence electrons. The molecule has 0 atom stereocenters. The van der Waals surface area contributed by atoms with Gasteiger partial charge in [0.15, 0.2) is 0 Å². The van der Waals surface area contributed by atoms with Gasteiger partial charge in [0.1, 0.15) is 16.6 Å². The molecular formula is C18H29BrI2N7V-.